The summed E-state index contributed by atoms with van der Waals surface area (Å²) in [7, 11) is 0. The molecule has 2 heterocycles. The van der Waals surface area contributed by atoms with Crippen molar-refractivity contribution in [2.75, 3.05) is 6.61 Å². The van der Waals surface area contributed by atoms with Gasteiger partial charge in [-0.15, -0.1) is 0 Å². The van der Waals surface area contributed by atoms with E-state index in [2.05, 4.69) is 0 Å². The number of alkyl halides is 3. The molecule has 7 heteroatoms. The van der Waals surface area contributed by atoms with Gasteiger partial charge in [0.25, 0.3) is 0 Å². The number of hydrogen-bond acceptors (Lipinski definition) is 4. The van der Waals surface area contributed by atoms with Gasteiger partial charge in [-0.3, -0.25) is 4.79 Å². The Morgan fingerprint density at radius 3 is 2.58 bits per heavy atom. The van der Waals surface area contributed by atoms with Crippen LogP contribution < -0.4 is 0 Å². The minimum Gasteiger partial charge on any atom is -0.359 e. The highest BCUT2D eigenvalue weighted by Crippen LogP contribution is 2.50. The van der Waals surface area contributed by atoms with Gasteiger partial charge in [-0.2, -0.15) is 13.2 Å². The van der Waals surface area contributed by atoms with Gasteiger partial charge in [0.1, 0.15) is 18.5 Å². The van der Waals surface area contributed by atoms with Crippen molar-refractivity contribution < 1.29 is 32.2 Å². The summed E-state index contributed by atoms with van der Waals surface area (Å²) in [5.74, 6) is -0.898. The molecule has 4 nitrogen and oxygen atoms in total. The van der Waals surface area contributed by atoms with E-state index in [9.17, 15) is 22.8 Å². The van der Waals surface area contributed by atoms with Crippen LogP contribution >= 0.6 is 0 Å². The highest BCUT2D eigenvalue weighted by molar-refractivity contribution is 5.92. The summed E-state index contributed by atoms with van der Waals surface area (Å²) in [6.07, 6.45) is -3.18. The number of rotatable bonds is 6. The van der Waals surface area contributed by atoms with E-state index < -0.39 is 41.8 Å². The molecule has 2 aliphatic heterocycles. The maximum absolute atomic E-state index is 12.8. The lowest BCUT2D eigenvalue weighted by Gasteiger charge is -2.47. The molecule has 0 N–H and O–H groups in total. The number of Topliss-reactive ketones (excluding diaryl/α,β-unsaturated/α-hetero) is 2. The third-order valence-electron chi connectivity index (χ3n) is 4.99. The Morgan fingerprint density at radius 1 is 1.46 bits per heavy atom. The second-order valence-corrected chi connectivity index (χ2v) is 7.04. The molecule has 2 bridgehead atoms. The summed E-state index contributed by atoms with van der Waals surface area (Å²) in [5.41, 5.74) is -1.76. The first-order chi connectivity index (χ1) is 10.9. The van der Waals surface area contributed by atoms with Crippen LogP contribution in [0.5, 0.6) is 0 Å². The van der Waals surface area contributed by atoms with Crippen molar-refractivity contribution in [3.8, 4) is 0 Å². The van der Waals surface area contributed by atoms with Crippen LogP contribution in [0, 0.1) is 5.92 Å². The molecule has 24 heavy (non-hydrogen) atoms. The largest absolute Gasteiger partial charge is 0.411 e. The highest BCUT2D eigenvalue weighted by atomic mass is 19.4. The zero-order chi connectivity index (χ0) is 18.3. The molecule has 2 aliphatic rings. The maximum Gasteiger partial charge on any atom is 0.411 e. The van der Waals surface area contributed by atoms with Gasteiger partial charge < -0.3 is 14.3 Å². The van der Waals surface area contributed by atoms with Crippen molar-refractivity contribution in [1.82, 2.24) is 0 Å². The summed E-state index contributed by atoms with van der Waals surface area (Å²) < 4.78 is 49.1. The molecular weight excluding hydrogens is 325 g/mol. The molecule has 1 saturated heterocycles. The molecule has 3 atom stereocenters. The first-order valence-electron chi connectivity index (χ1n) is 8.03. The van der Waals surface area contributed by atoms with Crippen LogP contribution in [-0.2, 0) is 19.1 Å². The fourth-order valence-electron chi connectivity index (χ4n) is 3.60. The Hall–Kier alpha value is -1.21. The average molecular weight is 348 g/mol. The molecule has 136 valence electrons. The van der Waals surface area contributed by atoms with E-state index >= 15 is 0 Å². The van der Waals surface area contributed by atoms with Crippen LogP contribution in [0.2, 0.25) is 0 Å². The van der Waals surface area contributed by atoms with Gasteiger partial charge in [0.05, 0.1) is 5.60 Å². The van der Waals surface area contributed by atoms with Gasteiger partial charge in [-0.1, -0.05) is 19.9 Å². The fraction of sp³-hybridized carbons (Fsp3) is 0.765. The fourth-order valence-corrected chi connectivity index (χ4v) is 3.60. The third kappa shape index (κ3) is 3.28. The molecule has 2 rings (SSSR count). The van der Waals surface area contributed by atoms with Gasteiger partial charge in [0, 0.05) is 12.8 Å². The van der Waals surface area contributed by atoms with Crippen LogP contribution in [0.4, 0.5) is 13.2 Å². The Labute approximate surface area is 139 Å². The van der Waals surface area contributed by atoms with Gasteiger partial charge >= 0.3 is 6.18 Å². The lowest BCUT2D eigenvalue weighted by atomic mass is 9.75. The van der Waals surface area contributed by atoms with Crippen LogP contribution in [-0.4, -0.2) is 41.7 Å². The first kappa shape index (κ1) is 19.1. The maximum atomic E-state index is 12.8. The second kappa shape index (κ2) is 6.26. The van der Waals surface area contributed by atoms with E-state index in [0.717, 1.165) is 5.57 Å². The lowest BCUT2D eigenvalue weighted by molar-refractivity contribution is -0.248. The van der Waals surface area contributed by atoms with Crippen molar-refractivity contribution in [3.05, 3.63) is 11.6 Å². The first-order valence-corrected chi connectivity index (χ1v) is 8.03. The standard InChI is InChI=1S/C17H23F3O4/c1-10(2)17(23-9-16(18,19)20)13(22)8-15(6-5-12(4)21)11(3)7-14(17)24-15/h7,10,14H,5-6,8-9H2,1-4H3. The van der Waals surface area contributed by atoms with Crippen molar-refractivity contribution in [3.63, 3.8) is 0 Å². The topological polar surface area (TPSA) is 52.6 Å². The molecule has 3 unspecified atom stereocenters. The number of hydrogen-bond donors (Lipinski definition) is 0. The van der Waals surface area contributed by atoms with E-state index in [1.165, 1.54) is 6.92 Å². The van der Waals surface area contributed by atoms with Gasteiger partial charge in [0.2, 0.25) is 0 Å². The van der Waals surface area contributed by atoms with Crippen LogP contribution in [0.1, 0.15) is 47.0 Å². The summed E-state index contributed by atoms with van der Waals surface area (Å²) >= 11 is 0. The monoisotopic (exact) mass is 348 g/mol. The highest BCUT2D eigenvalue weighted by Gasteiger charge is 2.61. The SMILES string of the molecule is CC(=O)CCC12CC(=O)C(OCC(F)(F)F)(C(C)C)C(C=C1C)O2. The van der Waals surface area contributed by atoms with E-state index in [1.807, 2.05) is 0 Å². The van der Waals surface area contributed by atoms with Crippen LogP contribution in [0.25, 0.3) is 0 Å². The Balaban J connectivity index is 2.31. The van der Waals surface area contributed by atoms with Crippen molar-refractivity contribution in [2.24, 2.45) is 5.92 Å². The predicted molar refractivity (Wildman–Crippen MR) is 80.5 cm³/mol. The molecule has 0 aromatic carbocycles. The minimum absolute atomic E-state index is 0.0225. The molecular formula is C17H23F3O4. The zero-order valence-electron chi connectivity index (χ0n) is 14.3. The quantitative estimate of drug-likeness (QED) is 0.691. The molecule has 0 saturated carbocycles. The van der Waals surface area contributed by atoms with Crippen molar-refractivity contribution in [1.29, 1.82) is 0 Å². The molecule has 0 spiro atoms. The molecule has 0 aromatic heterocycles. The molecule has 0 amide bonds. The van der Waals surface area contributed by atoms with Gasteiger partial charge in [-0.25, -0.2) is 0 Å². The van der Waals surface area contributed by atoms with Gasteiger partial charge in [0.15, 0.2) is 11.4 Å². The zero-order valence-corrected chi connectivity index (χ0v) is 14.3. The lowest BCUT2D eigenvalue weighted by Crippen LogP contribution is -2.62. The summed E-state index contributed by atoms with van der Waals surface area (Å²) in [6.45, 7) is 5.05. The minimum atomic E-state index is -4.53. The van der Waals surface area contributed by atoms with Crippen LogP contribution in [0.3, 0.4) is 0 Å². The van der Waals surface area contributed by atoms with E-state index in [4.69, 9.17) is 9.47 Å². The molecule has 0 radical (unpaired) electrons. The molecule has 1 fully saturated rings. The molecule has 0 aromatic rings. The third-order valence-corrected chi connectivity index (χ3v) is 4.99. The Kier molecular flexibility index (Phi) is 4.99. The number of carbonyl (C=O) groups excluding carboxylic acids is 2. The summed E-state index contributed by atoms with van der Waals surface area (Å²) in [5, 5.41) is 0. The number of carbonyl (C=O) groups is 2. The average Bonchev–Trinajstić information content (AvgIpc) is 2.69. The summed E-state index contributed by atoms with van der Waals surface area (Å²) in [6, 6.07) is 0. The Morgan fingerprint density at radius 2 is 2.08 bits per heavy atom. The molecule has 0 aliphatic carbocycles. The normalized spacial score (nSPS) is 33.1. The summed E-state index contributed by atoms with van der Waals surface area (Å²) in [4.78, 5) is 24.1. The van der Waals surface area contributed by atoms with Crippen molar-refractivity contribution in [2.45, 2.75) is 70.4 Å². The number of halogens is 3. The van der Waals surface area contributed by atoms with E-state index in [-0.39, 0.29) is 18.6 Å². The second-order valence-electron chi connectivity index (χ2n) is 7.04. The number of ketones is 2. The predicted octanol–water partition coefficient (Wildman–Crippen LogP) is 3.39. The number of ether oxygens (including phenoxy) is 2. The number of fused-ring (bicyclic) bond motifs is 2. The van der Waals surface area contributed by atoms with Gasteiger partial charge in [-0.05, 0) is 31.8 Å². The van der Waals surface area contributed by atoms with E-state index in [1.54, 1.807) is 26.8 Å². The van der Waals surface area contributed by atoms with Crippen molar-refractivity contribution >= 4 is 11.6 Å². The van der Waals surface area contributed by atoms with Crippen LogP contribution in [0.15, 0.2) is 11.6 Å². The van der Waals surface area contributed by atoms with E-state index in [0.29, 0.717) is 6.42 Å². The smallest absolute Gasteiger partial charge is 0.359 e. The Bertz CT molecular complexity index is 567.